The molecule has 0 fully saturated rings. The Bertz CT molecular complexity index is 579. The van der Waals surface area contributed by atoms with Crippen LogP contribution >= 0.6 is 11.6 Å². The first kappa shape index (κ1) is 13.8. The summed E-state index contributed by atoms with van der Waals surface area (Å²) in [5, 5.41) is 11.2. The molecule has 100 valence electrons. The molecule has 1 N–H and O–H groups in total. The first-order valence-corrected chi connectivity index (χ1v) is 6.16. The summed E-state index contributed by atoms with van der Waals surface area (Å²) in [6, 6.07) is 11.1. The maximum Gasteiger partial charge on any atom is 0.133 e. The Morgan fingerprint density at radius 1 is 1.16 bits per heavy atom. The molecular weight excluding hydrogens is 267 g/mol. The number of methoxy groups -OCH3 is 1. The minimum Gasteiger partial charge on any atom is -0.496 e. The zero-order chi connectivity index (χ0) is 14.0. The third-order valence-corrected chi connectivity index (χ3v) is 3.34. The lowest BCUT2D eigenvalue weighted by Gasteiger charge is -2.26. The summed E-state index contributed by atoms with van der Waals surface area (Å²) in [5.41, 5.74) is -0.846. The molecule has 19 heavy (non-hydrogen) atoms. The second-order valence-electron chi connectivity index (χ2n) is 4.40. The van der Waals surface area contributed by atoms with E-state index in [4.69, 9.17) is 16.3 Å². The van der Waals surface area contributed by atoms with Crippen molar-refractivity contribution in [2.24, 2.45) is 0 Å². The molecule has 0 amide bonds. The molecule has 1 atom stereocenters. The number of hydrogen-bond donors (Lipinski definition) is 1. The van der Waals surface area contributed by atoms with Crippen LogP contribution in [0, 0.1) is 5.82 Å². The Morgan fingerprint density at radius 3 is 2.37 bits per heavy atom. The van der Waals surface area contributed by atoms with Crippen LogP contribution in [0.1, 0.15) is 18.1 Å². The Balaban J connectivity index is 2.58. The van der Waals surface area contributed by atoms with Gasteiger partial charge in [-0.3, -0.25) is 0 Å². The van der Waals surface area contributed by atoms with Gasteiger partial charge in [-0.2, -0.15) is 0 Å². The van der Waals surface area contributed by atoms with Crippen molar-refractivity contribution >= 4 is 11.6 Å². The van der Waals surface area contributed by atoms with Gasteiger partial charge in [0.15, 0.2) is 0 Å². The van der Waals surface area contributed by atoms with Crippen LogP contribution in [0.3, 0.4) is 0 Å². The second-order valence-corrected chi connectivity index (χ2v) is 4.83. The maximum atomic E-state index is 14.0. The van der Waals surface area contributed by atoms with E-state index in [1.165, 1.54) is 26.2 Å². The summed E-state index contributed by atoms with van der Waals surface area (Å²) in [7, 11) is 1.44. The highest BCUT2D eigenvalue weighted by atomic mass is 35.5. The highest BCUT2D eigenvalue weighted by Gasteiger charge is 2.32. The van der Waals surface area contributed by atoms with Gasteiger partial charge in [0.05, 0.1) is 12.7 Å². The van der Waals surface area contributed by atoms with E-state index in [1.807, 2.05) is 0 Å². The number of benzene rings is 2. The summed E-state index contributed by atoms with van der Waals surface area (Å²) in [6.45, 7) is 1.52. The van der Waals surface area contributed by atoms with E-state index in [2.05, 4.69) is 0 Å². The third kappa shape index (κ3) is 2.57. The molecular formula is C15H14ClFO2. The van der Waals surface area contributed by atoms with Crippen molar-refractivity contribution in [3.05, 3.63) is 64.4 Å². The van der Waals surface area contributed by atoms with Gasteiger partial charge in [0.1, 0.15) is 17.2 Å². The Kier molecular flexibility index (Phi) is 3.78. The molecule has 0 aromatic heterocycles. The topological polar surface area (TPSA) is 29.5 Å². The average molecular weight is 281 g/mol. The molecule has 2 aromatic carbocycles. The van der Waals surface area contributed by atoms with Crippen LogP contribution in [0.2, 0.25) is 5.02 Å². The quantitative estimate of drug-likeness (QED) is 0.928. The summed E-state index contributed by atoms with van der Waals surface area (Å²) in [4.78, 5) is 0. The Morgan fingerprint density at radius 2 is 1.79 bits per heavy atom. The van der Waals surface area contributed by atoms with Gasteiger partial charge in [0, 0.05) is 5.02 Å². The number of hydrogen-bond acceptors (Lipinski definition) is 2. The lowest BCUT2D eigenvalue weighted by atomic mass is 9.87. The van der Waals surface area contributed by atoms with E-state index in [1.54, 1.807) is 30.3 Å². The molecule has 2 rings (SSSR count). The zero-order valence-corrected chi connectivity index (χ0v) is 11.4. The average Bonchev–Trinajstić information content (AvgIpc) is 2.38. The predicted molar refractivity (Wildman–Crippen MR) is 73.1 cm³/mol. The first-order valence-electron chi connectivity index (χ1n) is 5.78. The summed E-state index contributed by atoms with van der Waals surface area (Å²) in [6.07, 6.45) is 0. The molecule has 0 aliphatic carbocycles. The van der Waals surface area contributed by atoms with Crippen molar-refractivity contribution in [1.82, 2.24) is 0 Å². The van der Waals surface area contributed by atoms with Crippen LogP contribution in [-0.2, 0) is 5.60 Å². The van der Waals surface area contributed by atoms with Gasteiger partial charge >= 0.3 is 0 Å². The van der Waals surface area contributed by atoms with E-state index >= 15 is 0 Å². The molecule has 0 bridgehead atoms. The van der Waals surface area contributed by atoms with Crippen molar-refractivity contribution < 1.29 is 14.2 Å². The summed E-state index contributed by atoms with van der Waals surface area (Å²) >= 11 is 5.82. The first-order chi connectivity index (χ1) is 8.96. The van der Waals surface area contributed by atoms with Crippen LogP contribution < -0.4 is 4.74 Å². The molecule has 0 radical (unpaired) electrons. The number of ether oxygens (including phenoxy) is 1. The second kappa shape index (κ2) is 5.19. The van der Waals surface area contributed by atoms with E-state index < -0.39 is 11.4 Å². The molecule has 0 aliphatic heterocycles. The van der Waals surface area contributed by atoms with Crippen LogP contribution in [-0.4, -0.2) is 12.2 Å². The largest absolute Gasteiger partial charge is 0.496 e. The van der Waals surface area contributed by atoms with Gasteiger partial charge in [-0.1, -0.05) is 29.8 Å². The lowest BCUT2D eigenvalue weighted by molar-refractivity contribution is 0.0945. The minimum atomic E-state index is -1.50. The van der Waals surface area contributed by atoms with Crippen molar-refractivity contribution in [1.29, 1.82) is 0 Å². The van der Waals surface area contributed by atoms with Crippen LogP contribution in [0.4, 0.5) is 4.39 Å². The van der Waals surface area contributed by atoms with Crippen LogP contribution in [0.15, 0.2) is 42.5 Å². The van der Waals surface area contributed by atoms with E-state index in [-0.39, 0.29) is 5.56 Å². The van der Waals surface area contributed by atoms with Crippen LogP contribution in [0.25, 0.3) is 0 Å². The van der Waals surface area contributed by atoms with Gasteiger partial charge < -0.3 is 9.84 Å². The summed E-state index contributed by atoms with van der Waals surface area (Å²) in [5.74, 6) is -0.209. The predicted octanol–water partition coefficient (Wildman–Crippen LogP) is 3.74. The van der Waals surface area contributed by atoms with E-state index in [0.29, 0.717) is 16.3 Å². The van der Waals surface area contributed by atoms with Crippen molar-refractivity contribution in [3.8, 4) is 5.75 Å². The van der Waals surface area contributed by atoms with Crippen molar-refractivity contribution in [3.63, 3.8) is 0 Å². The molecule has 0 saturated carbocycles. The molecule has 0 spiro atoms. The Hall–Kier alpha value is -1.58. The van der Waals surface area contributed by atoms with Crippen LogP contribution in [0.5, 0.6) is 5.75 Å². The Labute approximate surface area is 116 Å². The fourth-order valence-electron chi connectivity index (χ4n) is 2.07. The molecule has 4 heteroatoms. The molecule has 2 aromatic rings. The third-order valence-electron chi connectivity index (χ3n) is 3.09. The fraction of sp³-hybridized carbons (Fsp3) is 0.200. The van der Waals surface area contributed by atoms with Crippen molar-refractivity contribution in [2.75, 3.05) is 7.11 Å². The van der Waals surface area contributed by atoms with E-state index in [0.717, 1.165) is 0 Å². The van der Waals surface area contributed by atoms with Gasteiger partial charge in [-0.25, -0.2) is 4.39 Å². The van der Waals surface area contributed by atoms with E-state index in [9.17, 15) is 9.50 Å². The normalized spacial score (nSPS) is 13.9. The number of rotatable bonds is 3. The smallest absolute Gasteiger partial charge is 0.133 e. The SMILES string of the molecule is COc1cccc(F)c1C(C)(O)c1ccc(Cl)cc1. The number of halogens is 2. The molecule has 1 unspecified atom stereocenters. The standard InChI is InChI=1S/C15H14ClFO2/c1-15(18,10-6-8-11(16)9-7-10)14-12(17)4-3-5-13(14)19-2/h3-9,18H,1-2H3. The maximum absolute atomic E-state index is 14.0. The van der Waals surface area contributed by atoms with Gasteiger partial charge in [0.2, 0.25) is 0 Å². The molecule has 0 saturated heterocycles. The molecule has 0 aliphatic rings. The number of aliphatic hydroxyl groups is 1. The zero-order valence-electron chi connectivity index (χ0n) is 10.7. The van der Waals surface area contributed by atoms with Crippen molar-refractivity contribution in [2.45, 2.75) is 12.5 Å². The highest BCUT2D eigenvalue weighted by Crippen LogP contribution is 2.37. The monoisotopic (exact) mass is 280 g/mol. The minimum absolute atomic E-state index is 0.111. The fourth-order valence-corrected chi connectivity index (χ4v) is 2.19. The van der Waals surface area contributed by atoms with Gasteiger partial charge in [0.25, 0.3) is 0 Å². The van der Waals surface area contributed by atoms with Gasteiger partial charge in [-0.15, -0.1) is 0 Å². The summed E-state index contributed by atoms with van der Waals surface area (Å²) < 4.78 is 19.2. The van der Waals surface area contributed by atoms with Gasteiger partial charge in [-0.05, 0) is 36.8 Å². The lowest BCUT2D eigenvalue weighted by Crippen LogP contribution is -2.25. The molecule has 2 nitrogen and oxygen atoms in total. The molecule has 0 heterocycles. The highest BCUT2D eigenvalue weighted by molar-refractivity contribution is 6.30.